The molecule has 1 N–H and O–H groups in total. The first kappa shape index (κ1) is 13.7. The van der Waals surface area contributed by atoms with Crippen LogP contribution in [0.4, 0.5) is 0 Å². The lowest BCUT2D eigenvalue weighted by Gasteiger charge is -2.16. The topological polar surface area (TPSA) is 21.3 Å². The van der Waals surface area contributed by atoms with E-state index < -0.39 is 0 Å². The van der Waals surface area contributed by atoms with E-state index in [2.05, 4.69) is 64.6 Å². The Labute approximate surface area is 128 Å². The van der Waals surface area contributed by atoms with Crippen molar-refractivity contribution in [1.82, 2.24) is 5.32 Å². The van der Waals surface area contributed by atoms with Gasteiger partial charge in [0.2, 0.25) is 0 Å². The maximum atomic E-state index is 5.55. The van der Waals surface area contributed by atoms with E-state index in [1.54, 1.807) is 0 Å². The number of hydrogen-bond donors (Lipinski definition) is 1. The third-order valence-electron chi connectivity index (χ3n) is 3.77. The van der Waals surface area contributed by atoms with Crippen molar-refractivity contribution in [2.24, 2.45) is 0 Å². The highest BCUT2D eigenvalue weighted by Gasteiger charge is 2.14. The molecule has 0 saturated heterocycles. The van der Waals surface area contributed by atoms with Crippen LogP contribution >= 0.6 is 15.9 Å². The number of ether oxygens (including phenoxy) is 1. The summed E-state index contributed by atoms with van der Waals surface area (Å²) in [4.78, 5) is 0. The molecule has 2 aromatic carbocycles. The molecule has 1 aliphatic heterocycles. The SMILES string of the molecule is CC(NCc1ccccc1Br)c1ccc2c(c1)CCO2. The minimum absolute atomic E-state index is 0.327. The van der Waals surface area contributed by atoms with Crippen LogP contribution in [0.3, 0.4) is 0 Å². The summed E-state index contributed by atoms with van der Waals surface area (Å²) in [7, 11) is 0. The zero-order chi connectivity index (χ0) is 13.9. The maximum Gasteiger partial charge on any atom is 0.122 e. The molecule has 2 aromatic rings. The van der Waals surface area contributed by atoms with Crippen LogP contribution in [0.15, 0.2) is 46.9 Å². The Bertz CT molecular complexity index is 612. The molecule has 104 valence electrons. The van der Waals surface area contributed by atoms with Gasteiger partial charge in [-0.1, -0.05) is 46.3 Å². The van der Waals surface area contributed by atoms with Crippen molar-refractivity contribution >= 4 is 15.9 Å². The van der Waals surface area contributed by atoms with Crippen molar-refractivity contribution in [1.29, 1.82) is 0 Å². The Kier molecular flexibility index (Phi) is 4.08. The first-order valence-corrected chi connectivity index (χ1v) is 7.76. The molecule has 0 spiro atoms. The molecule has 3 heteroatoms. The van der Waals surface area contributed by atoms with E-state index in [1.807, 2.05) is 6.07 Å². The summed E-state index contributed by atoms with van der Waals surface area (Å²) < 4.78 is 6.71. The molecule has 1 aliphatic rings. The second-order valence-electron chi connectivity index (χ2n) is 5.16. The predicted octanol–water partition coefficient (Wildman–Crippen LogP) is 4.23. The summed E-state index contributed by atoms with van der Waals surface area (Å²) in [5.41, 5.74) is 3.93. The van der Waals surface area contributed by atoms with Gasteiger partial charge in [0.1, 0.15) is 5.75 Å². The van der Waals surface area contributed by atoms with Crippen molar-refractivity contribution in [3.63, 3.8) is 0 Å². The van der Waals surface area contributed by atoms with Gasteiger partial charge in [-0.2, -0.15) is 0 Å². The summed E-state index contributed by atoms with van der Waals surface area (Å²) in [5, 5.41) is 3.58. The second-order valence-corrected chi connectivity index (χ2v) is 6.01. The van der Waals surface area contributed by atoms with E-state index in [4.69, 9.17) is 4.74 Å². The summed E-state index contributed by atoms with van der Waals surface area (Å²) in [5.74, 6) is 1.05. The summed E-state index contributed by atoms with van der Waals surface area (Å²) in [6.07, 6.45) is 1.03. The quantitative estimate of drug-likeness (QED) is 0.904. The van der Waals surface area contributed by atoms with Gasteiger partial charge in [-0.25, -0.2) is 0 Å². The largest absolute Gasteiger partial charge is 0.493 e. The molecule has 2 nitrogen and oxygen atoms in total. The molecular weight excluding hydrogens is 314 g/mol. The third kappa shape index (κ3) is 2.89. The van der Waals surface area contributed by atoms with Crippen LogP contribution in [0.1, 0.15) is 29.7 Å². The number of halogens is 1. The van der Waals surface area contributed by atoms with Crippen molar-refractivity contribution in [2.45, 2.75) is 25.9 Å². The van der Waals surface area contributed by atoms with E-state index in [0.29, 0.717) is 6.04 Å². The van der Waals surface area contributed by atoms with Gasteiger partial charge in [0, 0.05) is 23.5 Å². The molecule has 0 aromatic heterocycles. The molecule has 0 saturated carbocycles. The van der Waals surface area contributed by atoms with Crippen molar-refractivity contribution in [2.75, 3.05) is 6.61 Å². The van der Waals surface area contributed by atoms with E-state index >= 15 is 0 Å². The number of hydrogen-bond acceptors (Lipinski definition) is 2. The molecule has 3 rings (SSSR count). The lowest BCUT2D eigenvalue weighted by molar-refractivity contribution is 0.356. The van der Waals surface area contributed by atoms with E-state index in [9.17, 15) is 0 Å². The highest BCUT2D eigenvalue weighted by atomic mass is 79.9. The molecule has 0 bridgehead atoms. The van der Waals surface area contributed by atoms with Crippen LogP contribution in [-0.4, -0.2) is 6.61 Å². The normalized spacial score (nSPS) is 14.7. The van der Waals surface area contributed by atoms with Crippen LogP contribution in [0.2, 0.25) is 0 Å². The molecule has 1 heterocycles. The van der Waals surface area contributed by atoms with Crippen LogP contribution in [0.25, 0.3) is 0 Å². The number of fused-ring (bicyclic) bond motifs is 1. The van der Waals surface area contributed by atoms with Gasteiger partial charge in [-0.15, -0.1) is 0 Å². The average molecular weight is 332 g/mol. The van der Waals surface area contributed by atoms with E-state index in [1.165, 1.54) is 16.7 Å². The number of rotatable bonds is 4. The van der Waals surface area contributed by atoms with E-state index in [0.717, 1.165) is 29.8 Å². The Morgan fingerprint density at radius 1 is 1.25 bits per heavy atom. The van der Waals surface area contributed by atoms with E-state index in [-0.39, 0.29) is 0 Å². The minimum atomic E-state index is 0.327. The third-order valence-corrected chi connectivity index (χ3v) is 4.54. The van der Waals surface area contributed by atoms with Gasteiger partial charge in [-0.3, -0.25) is 0 Å². The van der Waals surface area contributed by atoms with Crippen molar-refractivity contribution in [3.8, 4) is 5.75 Å². The molecule has 20 heavy (non-hydrogen) atoms. The predicted molar refractivity (Wildman–Crippen MR) is 85.0 cm³/mol. The average Bonchev–Trinajstić information content (AvgIpc) is 2.93. The van der Waals surface area contributed by atoms with Crippen LogP contribution in [0, 0.1) is 0 Å². The van der Waals surface area contributed by atoms with Gasteiger partial charge in [0.15, 0.2) is 0 Å². The van der Waals surface area contributed by atoms with Crippen molar-refractivity contribution < 1.29 is 4.74 Å². The molecule has 0 aliphatic carbocycles. The molecular formula is C17H18BrNO. The fourth-order valence-electron chi connectivity index (χ4n) is 2.50. The Balaban J connectivity index is 1.67. The monoisotopic (exact) mass is 331 g/mol. The molecule has 1 unspecified atom stereocenters. The molecule has 0 fully saturated rings. The molecule has 1 atom stereocenters. The fourth-order valence-corrected chi connectivity index (χ4v) is 2.92. The summed E-state index contributed by atoms with van der Waals surface area (Å²) in [6.45, 7) is 3.88. The standard InChI is InChI=1S/C17H18BrNO/c1-12(19-11-15-4-2-3-5-16(15)18)13-6-7-17-14(10-13)8-9-20-17/h2-7,10,12,19H,8-9,11H2,1H3. The van der Waals surface area contributed by atoms with Gasteiger partial charge < -0.3 is 10.1 Å². The van der Waals surface area contributed by atoms with Gasteiger partial charge in [-0.05, 0) is 35.7 Å². The van der Waals surface area contributed by atoms with Gasteiger partial charge in [0.05, 0.1) is 6.61 Å². The number of benzene rings is 2. The van der Waals surface area contributed by atoms with Crippen molar-refractivity contribution in [3.05, 3.63) is 63.6 Å². The van der Waals surface area contributed by atoms with Crippen LogP contribution in [-0.2, 0) is 13.0 Å². The minimum Gasteiger partial charge on any atom is -0.493 e. The van der Waals surface area contributed by atoms with Crippen LogP contribution in [0.5, 0.6) is 5.75 Å². The Hall–Kier alpha value is -1.32. The first-order valence-electron chi connectivity index (χ1n) is 6.96. The lowest BCUT2D eigenvalue weighted by Crippen LogP contribution is -2.18. The molecule has 0 amide bonds. The first-order chi connectivity index (χ1) is 9.74. The van der Waals surface area contributed by atoms with Gasteiger partial charge in [0.25, 0.3) is 0 Å². The smallest absolute Gasteiger partial charge is 0.122 e. The zero-order valence-electron chi connectivity index (χ0n) is 11.5. The number of nitrogens with one attached hydrogen (secondary N) is 1. The van der Waals surface area contributed by atoms with Gasteiger partial charge >= 0.3 is 0 Å². The molecule has 0 radical (unpaired) electrons. The maximum absolute atomic E-state index is 5.55. The fraction of sp³-hybridized carbons (Fsp3) is 0.294. The Morgan fingerprint density at radius 2 is 2.10 bits per heavy atom. The zero-order valence-corrected chi connectivity index (χ0v) is 13.1. The summed E-state index contributed by atoms with van der Waals surface area (Å²) >= 11 is 3.59. The summed E-state index contributed by atoms with van der Waals surface area (Å²) in [6, 6.07) is 15.2. The van der Waals surface area contributed by atoms with Crippen LogP contribution < -0.4 is 10.1 Å². The second kappa shape index (κ2) is 5.98. The highest BCUT2D eigenvalue weighted by molar-refractivity contribution is 9.10. The lowest BCUT2D eigenvalue weighted by atomic mass is 10.0. The Morgan fingerprint density at radius 3 is 2.95 bits per heavy atom. The highest BCUT2D eigenvalue weighted by Crippen LogP contribution is 2.28.